The summed E-state index contributed by atoms with van der Waals surface area (Å²) in [6.45, 7) is 4.48. The Morgan fingerprint density at radius 2 is 2.00 bits per heavy atom. The van der Waals surface area contributed by atoms with Crippen LogP contribution in [0, 0.1) is 0 Å². The largest absolute Gasteiger partial charge is 0.484 e. The van der Waals surface area contributed by atoms with Crippen LogP contribution in [-0.2, 0) is 16.1 Å². The molecule has 9 nitrogen and oxygen atoms in total. The van der Waals surface area contributed by atoms with Gasteiger partial charge in [-0.05, 0) is 38.0 Å². The van der Waals surface area contributed by atoms with Gasteiger partial charge in [-0.2, -0.15) is 0 Å². The van der Waals surface area contributed by atoms with Crippen LogP contribution in [0.3, 0.4) is 0 Å². The van der Waals surface area contributed by atoms with Crippen molar-refractivity contribution in [2.24, 2.45) is 0 Å². The molecule has 1 atom stereocenters. The first-order valence-electron chi connectivity index (χ1n) is 10.5. The summed E-state index contributed by atoms with van der Waals surface area (Å²) in [5, 5.41) is 9.61. The molecule has 0 aliphatic carbocycles. The molecule has 3 aromatic rings. The fraction of sp³-hybridized carbons (Fsp3) is 0.455. The van der Waals surface area contributed by atoms with E-state index in [1.165, 1.54) is 6.07 Å². The van der Waals surface area contributed by atoms with Gasteiger partial charge in [-0.15, -0.1) is 10.2 Å². The zero-order valence-electron chi connectivity index (χ0n) is 17.3. The molecule has 2 aliphatic heterocycles. The molecular weight excluding hydrogens is 400 g/mol. The van der Waals surface area contributed by atoms with Gasteiger partial charge in [0.15, 0.2) is 12.4 Å². The summed E-state index contributed by atoms with van der Waals surface area (Å²) in [6.07, 6.45) is 1.90. The summed E-state index contributed by atoms with van der Waals surface area (Å²) < 4.78 is 18.5. The summed E-state index contributed by atoms with van der Waals surface area (Å²) in [5.41, 5.74) is 0.00468. The maximum absolute atomic E-state index is 12.8. The number of aromatic nitrogens is 3. The van der Waals surface area contributed by atoms with Crippen LogP contribution in [0.25, 0.3) is 11.0 Å². The second kappa shape index (κ2) is 8.14. The lowest BCUT2D eigenvalue weighted by Gasteiger charge is -2.34. The summed E-state index contributed by atoms with van der Waals surface area (Å²) in [4.78, 5) is 26.0. The number of carbonyl (C=O) groups is 1. The van der Waals surface area contributed by atoms with Crippen LogP contribution >= 0.6 is 0 Å². The lowest BCUT2D eigenvalue weighted by Crippen LogP contribution is -2.43. The van der Waals surface area contributed by atoms with Crippen molar-refractivity contribution >= 4 is 16.9 Å². The molecule has 1 aromatic carbocycles. The molecule has 0 spiro atoms. The number of hydrogen-bond acceptors (Lipinski definition) is 7. The third kappa shape index (κ3) is 3.93. The minimum absolute atomic E-state index is 0.0930. The van der Waals surface area contributed by atoms with Gasteiger partial charge in [0.1, 0.15) is 17.2 Å². The lowest BCUT2D eigenvalue weighted by atomic mass is 9.99. The maximum Gasteiger partial charge on any atom is 0.336 e. The van der Waals surface area contributed by atoms with E-state index in [0.717, 1.165) is 43.1 Å². The molecule has 4 heterocycles. The first-order chi connectivity index (χ1) is 15.1. The molecule has 1 amide bonds. The number of rotatable bonds is 4. The second-order valence-electron chi connectivity index (χ2n) is 8.10. The number of fused-ring (bicyclic) bond motifs is 2. The predicted octanol–water partition coefficient (Wildman–Crippen LogP) is 2.26. The van der Waals surface area contributed by atoms with Crippen LogP contribution in [0.5, 0.6) is 5.75 Å². The van der Waals surface area contributed by atoms with Crippen molar-refractivity contribution < 1.29 is 18.7 Å². The van der Waals surface area contributed by atoms with E-state index < -0.39 is 5.63 Å². The van der Waals surface area contributed by atoms with Crippen molar-refractivity contribution in [3.63, 3.8) is 0 Å². The number of amides is 1. The third-order valence-electron chi connectivity index (χ3n) is 5.95. The van der Waals surface area contributed by atoms with E-state index >= 15 is 0 Å². The third-order valence-corrected chi connectivity index (χ3v) is 5.95. The van der Waals surface area contributed by atoms with Crippen molar-refractivity contribution in [1.29, 1.82) is 0 Å². The van der Waals surface area contributed by atoms with Crippen LogP contribution in [-0.4, -0.2) is 51.9 Å². The van der Waals surface area contributed by atoms with Crippen molar-refractivity contribution in [3.8, 4) is 5.75 Å². The Hall–Kier alpha value is -3.20. The number of benzene rings is 1. The highest BCUT2D eigenvalue weighted by Crippen LogP contribution is 2.31. The minimum atomic E-state index is -0.424. The monoisotopic (exact) mass is 424 g/mol. The first-order valence-corrected chi connectivity index (χ1v) is 10.5. The molecule has 2 aromatic heterocycles. The average Bonchev–Trinajstić information content (AvgIpc) is 3.22. The van der Waals surface area contributed by atoms with Crippen LogP contribution in [0.1, 0.15) is 43.4 Å². The fourth-order valence-electron chi connectivity index (χ4n) is 4.35. The van der Waals surface area contributed by atoms with Gasteiger partial charge in [-0.3, -0.25) is 4.79 Å². The predicted molar refractivity (Wildman–Crippen MR) is 111 cm³/mol. The van der Waals surface area contributed by atoms with Gasteiger partial charge in [0.25, 0.3) is 5.91 Å². The highest BCUT2D eigenvalue weighted by molar-refractivity contribution is 5.79. The zero-order chi connectivity index (χ0) is 21.4. The van der Waals surface area contributed by atoms with Gasteiger partial charge in [0, 0.05) is 43.2 Å². The number of nitrogens with zero attached hydrogens (tertiary/aromatic N) is 4. The Kier molecular flexibility index (Phi) is 5.19. The Morgan fingerprint density at radius 1 is 1.19 bits per heavy atom. The molecule has 162 valence electrons. The standard InChI is InChI=1S/C22H24N4O5/c1-14-11-25(12-19-23-24-22(26(14)19)16-6-8-29-9-7-16)20(27)13-30-17-4-2-15-3-5-21(28)31-18(15)10-17/h2-5,10,14,16H,6-9,11-13H2,1H3/t14-/m0/s1. The number of carbonyl (C=O) groups excluding carboxylic acids is 1. The van der Waals surface area contributed by atoms with E-state index in [1.54, 1.807) is 29.2 Å². The van der Waals surface area contributed by atoms with Crippen LogP contribution in [0.4, 0.5) is 0 Å². The Bertz CT molecular complexity index is 1160. The summed E-state index contributed by atoms with van der Waals surface area (Å²) >= 11 is 0. The van der Waals surface area contributed by atoms with E-state index in [-0.39, 0.29) is 18.6 Å². The summed E-state index contributed by atoms with van der Waals surface area (Å²) in [5.74, 6) is 2.53. The molecule has 9 heteroatoms. The normalized spacial score (nSPS) is 19.4. The van der Waals surface area contributed by atoms with Gasteiger partial charge in [0.05, 0.1) is 12.6 Å². The average molecular weight is 424 g/mol. The Balaban J connectivity index is 1.26. The summed E-state index contributed by atoms with van der Waals surface area (Å²) in [7, 11) is 0. The molecule has 31 heavy (non-hydrogen) atoms. The van der Waals surface area contributed by atoms with Gasteiger partial charge >= 0.3 is 5.63 Å². The highest BCUT2D eigenvalue weighted by Gasteiger charge is 2.32. The van der Waals surface area contributed by atoms with Gasteiger partial charge in [-0.25, -0.2) is 4.79 Å². The number of ether oxygens (including phenoxy) is 2. The van der Waals surface area contributed by atoms with Crippen molar-refractivity contribution in [3.05, 3.63) is 52.4 Å². The van der Waals surface area contributed by atoms with Crippen LogP contribution in [0.2, 0.25) is 0 Å². The Morgan fingerprint density at radius 3 is 2.84 bits per heavy atom. The minimum Gasteiger partial charge on any atom is -0.484 e. The summed E-state index contributed by atoms with van der Waals surface area (Å²) in [6, 6.07) is 8.33. The zero-order valence-corrected chi connectivity index (χ0v) is 17.3. The topological polar surface area (TPSA) is 99.7 Å². The highest BCUT2D eigenvalue weighted by atomic mass is 16.5. The van der Waals surface area contributed by atoms with E-state index in [0.29, 0.717) is 30.3 Å². The molecule has 5 rings (SSSR count). The van der Waals surface area contributed by atoms with E-state index in [2.05, 4.69) is 21.7 Å². The quantitative estimate of drug-likeness (QED) is 0.592. The van der Waals surface area contributed by atoms with E-state index in [9.17, 15) is 9.59 Å². The first kappa shape index (κ1) is 19.7. The van der Waals surface area contributed by atoms with Crippen molar-refractivity contribution in [2.75, 3.05) is 26.4 Å². The van der Waals surface area contributed by atoms with Gasteiger partial charge < -0.3 is 23.4 Å². The molecule has 1 saturated heterocycles. The molecule has 2 aliphatic rings. The lowest BCUT2D eigenvalue weighted by molar-refractivity contribution is -0.135. The van der Waals surface area contributed by atoms with Gasteiger partial charge in [-0.1, -0.05) is 0 Å². The SMILES string of the molecule is C[C@H]1CN(C(=O)COc2ccc3ccc(=O)oc3c2)Cc2nnc(C3CCOCC3)n21. The fourth-order valence-corrected chi connectivity index (χ4v) is 4.35. The van der Waals surface area contributed by atoms with E-state index in [4.69, 9.17) is 13.9 Å². The maximum atomic E-state index is 12.8. The molecule has 0 unspecified atom stereocenters. The molecule has 1 fully saturated rings. The number of hydrogen-bond donors (Lipinski definition) is 0. The van der Waals surface area contributed by atoms with Crippen molar-refractivity contribution in [1.82, 2.24) is 19.7 Å². The van der Waals surface area contributed by atoms with Crippen molar-refractivity contribution in [2.45, 2.75) is 38.3 Å². The second-order valence-corrected chi connectivity index (χ2v) is 8.10. The molecular formula is C22H24N4O5. The van der Waals surface area contributed by atoms with Crippen LogP contribution < -0.4 is 10.4 Å². The smallest absolute Gasteiger partial charge is 0.336 e. The molecule has 0 radical (unpaired) electrons. The molecule has 0 bridgehead atoms. The van der Waals surface area contributed by atoms with Gasteiger partial charge in [0.2, 0.25) is 0 Å². The van der Waals surface area contributed by atoms with E-state index in [1.807, 2.05) is 0 Å². The Labute approximate surface area is 178 Å². The molecule has 0 saturated carbocycles. The molecule has 0 N–H and O–H groups in total. The van der Waals surface area contributed by atoms with Crippen LogP contribution in [0.15, 0.2) is 39.5 Å².